The minimum absolute atomic E-state index is 0.203. The number of H-pyrrole nitrogens is 1. The van der Waals surface area contributed by atoms with E-state index in [2.05, 4.69) is 68.3 Å². The zero-order chi connectivity index (χ0) is 18.4. The molecule has 2 aromatic carbocycles. The van der Waals surface area contributed by atoms with Gasteiger partial charge in [0.15, 0.2) is 0 Å². The van der Waals surface area contributed by atoms with E-state index >= 15 is 0 Å². The number of aryl methyl sites for hydroxylation is 2. The summed E-state index contributed by atoms with van der Waals surface area (Å²) < 4.78 is 5.47. The maximum atomic E-state index is 5.47. The third-order valence-corrected chi connectivity index (χ3v) is 5.62. The third-order valence-electron chi connectivity index (χ3n) is 5.62. The van der Waals surface area contributed by atoms with Gasteiger partial charge in [0.05, 0.1) is 13.2 Å². The van der Waals surface area contributed by atoms with Crippen molar-refractivity contribution >= 4 is 10.9 Å². The molecule has 1 aromatic heterocycles. The first-order chi connectivity index (χ1) is 12.5. The first-order valence-corrected chi connectivity index (χ1v) is 9.52. The first kappa shape index (κ1) is 17.2. The quantitative estimate of drug-likeness (QED) is 0.687. The smallest absolute Gasteiger partial charge is 0.119 e. The molecule has 0 fully saturated rings. The van der Waals surface area contributed by atoms with E-state index < -0.39 is 0 Å². The molecule has 0 saturated heterocycles. The summed E-state index contributed by atoms with van der Waals surface area (Å²) in [4.78, 5) is 3.75. The summed E-state index contributed by atoms with van der Waals surface area (Å²) in [6.45, 7) is 9.90. The molecule has 3 aromatic rings. The molecular formula is C23H28N2O. The minimum Gasteiger partial charge on any atom is -0.497 e. The second-order valence-corrected chi connectivity index (χ2v) is 7.81. The first-order valence-electron chi connectivity index (χ1n) is 9.52. The van der Waals surface area contributed by atoms with Crippen molar-refractivity contribution in [1.29, 1.82) is 0 Å². The van der Waals surface area contributed by atoms with Crippen molar-refractivity contribution in [1.82, 2.24) is 10.3 Å². The van der Waals surface area contributed by atoms with Crippen LogP contribution in [0, 0.1) is 13.8 Å². The van der Waals surface area contributed by atoms with Crippen LogP contribution < -0.4 is 10.1 Å². The lowest BCUT2D eigenvalue weighted by Crippen LogP contribution is -2.31. The van der Waals surface area contributed by atoms with Crippen LogP contribution in [0.5, 0.6) is 5.75 Å². The summed E-state index contributed by atoms with van der Waals surface area (Å²) in [5.74, 6) is 1.37. The lowest BCUT2D eigenvalue weighted by atomic mass is 9.87. The summed E-state index contributed by atoms with van der Waals surface area (Å²) in [5, 5.41) is 5.16. The van der Waals surface area contributed by atoms with Crippen LogP contribution in [0.15, 0.2) is 30.3 Å². The predicted molar refractivity (Wildman–Crippen MR) is 108 cm³/mol. The largest absolute Gasteiger partial charge is 0.497 e. The van der Waals surface area contributed by atoms with Gasteiger partial charge < -0.3 is 15.0 Å². The fraction of sp³-hybridized carbons (Fsp3) is 0.391. The standard InChI is InChI=1S/C23H28N2O/c1-13(2)19-12-16(26-5)6-7-17(19)22-23-18(8-9-24-22)21-15(4)10-14(3)11-20(21)25-23/h6-7,10-13,22,24-25H,8-9H2,1-5H3. The minimum atomic E-state index is 0.203. The summed E-state index contributed by atoms with van der Waals surface area (Å²) in [6, 6.07) is 11.3. The molecular weight excluding hydrogens is 320 g/mol. The number of nitrogens with one attached hydrogen (secondary N) is 2. The van der Waals surface area contributed by atoms with E-state index in [0.717, 1.165) is 18.7 Å². The van der Waals surface area contributed by atoms with Crippen molar-refractivity contribution in [3.63, 3.8) is 0 Å². The van der Waals surface area contributed by atoms with Crippen LogP contribution >= 0.6 is 0 Å². The van der Waals surface area contributed by atoms with Gasteiger partial charge >= 0.3 is 0 Å². The highest BCUT2D eigenvalue weighted by atomic mass is 16.5. The van der Waals surface area contributed by atoms with Crippen LogP contribution in [-0.2, 0) is 6.42 Å². The van der Waals surface area contributed by atoms with Gasteiger partial charge in [0.2, 0.25) is 0 Å². The summed E-state index contributed by atoms with van der Waals surface area (Å²) in [5.41, 5.74) is 9.45. The third kappa shape index (κ3) is 2.71. The average Bonchev–Trinajstić information content (AvgIpc) is 2.99. The van der Waals surface area contributed by atoms with E-state index in [0.29, 0.717) is 5.92 Å². The van der Waals surface area contributed by atoms with Crippen molar-refractivity contribution in [2.24, 2.45) is 0 Å². The maximum absolute atomic E-state index is 5.47. The van der Waals surface area contributed by atoms with Gasteiger partial charge in [-0.2, -0.15) is 0 Å². The van der Waals surface area contributed by atoms with Crippen LogP contribution in [-0.4, -0.2) is 18.6 Å². The van der Waals surface area contributed by atoms with E-state index in [9.17, 15) is 0 Å². The lowest BCUT2D eigenvalue weighted by Gasteiger charge is -2.28. The van der Waals surface area contributed by atoms with E-state index in [-0.39, 0.29) is 6.04 Å². The normalized spacial score (nSPS) is 16.9. The Morgan fingerprint density at radius 1 is 1.12 bits per heavy atom. The Balaban J connectivity index is 1.91. The Kier molecular flexibility index (Phi) is 4.28. The Morgan fingerprint density at radius 3 is 2.65 bits per heavy atom. The fourth-order valence-electron chi connectivity index (χ4n) is 4.48. The number of hydrogen-bond acceptors (Lipinski definition) is 2. The molecule has 0 spiro atoms. The molecule has 3 heteroatoms. The fourth-order valence-corrected chi connectivity index (χ4v) is 4.48. The van der Waals surface area contributed by atoms with Gasteiger partial charge in [-0.05, 0) is 72.2 Å². The maximum Gasteiger partial charge on any atom is 0.119 e. The van der Waals surface area contributed by atoms with Crippen molar-refractivity contribution in [3.8, 4) is 5.75 Å². The average molecular weight is 348 g/mol. The van der Waals surface area contributed by atoms with Crippen molar-refractivity contribution in [3.05, 3.63) is 63.8 Å². The van der Waals surface area contributed by atoms with Gasteiger partial charge in [-0.1, -0.05) is 26.0 Å². The summed E-state index contributed by atoms with van der Waals surface area (Å²) >= 11 is 0. The molecule has 1 aliphatic rings. The Hall–Kier alpha value is -2.26. The van der Waals surface area contributed by atoms with E-state index in [1.807, 2.05) is 0 Å². The van der Waals surface area contributed by atoms with Gasteiger partial charge in [-0.25, -0.2) is 0 Å². The highest BCUT2D eigenvalue weighted by Gasteiger charge is 2.28. The molecule has 0 aliphatic carbocycles. The van der Waals surface area contributed by atoms with Gasteiger partial charge in [-0.15, -0.1) is 0 Å². The molecule has 2 heterocycles. The van der Waals surface area contributed by atoms with Crippen LogP contribution in [0.25, 0.3) is 10.9 Å². The highest BCUT2D eigenvalue weighted by Crippen LogP contribution is 2.38. The van der Waals surface area contributed by atoms with Crippen molar-refractivity contribution in [2.45, 2.75) is 46.1 Å². The molecule has 4 rings (SSSR count). The molecule has 0 radical (unpaired) electrons. The number of rotatable bonds is 3. The number of aromatic amines is 1. The molecule has 1 aliphatic heterocycles. The molecule has 0 amide bonds. The molecule has 26 heavy (non-hydrogen) atoms. The number of fused-ring (bicyclic) bond motifs is 3. The molecule has 0 bridgehead atoms. The number of hydrogen-bond donors (Lipinski definition) is 2. The van der Waals surface area contributed by atoms with Crippen LogP contribution in [0.3, 0.4) is 0 Å². The predicted octanol–water partition coefficient (Wildman–Crippen LogP) is 5.15. The highest BCUT2D eigenvalue weighted by molar-refractivity contribution is 5.89. The molecule has 1 atom stereocenters. The SMILES string of the molecule is COc1ccc(C2NCCc3c2[nH]c2cc(C)cc(C)c32)c(C(C)C)c1. The number of benzene rings is 2. The topological polar surface area (TPSA) is 37.0 Å². The molecule has 3 nitrogen and oxygen atoms in total. The Morgan fingerprint density at radius 2 is 1.92 bits per heavy atom. The van der Waals surface area contributed by atoms with Gasteiger partial charge in [0, 0.05) is 23.1 Å². The Labute approximate surface area is 155 Å². The van der Waals surface area contributed by atoms with Crippen LogP contribution in [0.2, 0.25) is 0 Å². The van der Waals surface area contributed by atoms with E-state index in [1.54, 1.807) is 7.11 Å². The molecule has 1 unspecified atom stereocenters. The Bertz CT molecular complexity index is 968. The number of methoxy groups -OCH3 is 1. The molecule has 2 N–H and O–H groups in total. The number of aromatic nitrogens is 1. The second kappa shape index (κ2) is 6.48. The molecule has 136 valence electrons. The van der Waals surface area contributed by atoms with Crippen molar-refractivity contribution < 1.29 is 4.74 Å². The zero-order valence-electron chi connectivity index (χ0n) is 16.4. The van der Waals surface area contributed by atoms with E-state index in [1.165, 1.54) is 44.4 Å². The van der Waals surface area contributed by atoms with Crippen LogP contribution in [0.1, 0.15) is 59.3 Å². The van der Waals surface area contributed by atoms with Gasteiger partial charge in [0.1, 0.15) is 5.75 Å². The van der Waals surface area contributed by atoms with Crippen molar-refractivity contribution in [2.75, 3.05) is 13.7 Å². The van der Waals surface area contributed by atoms with Gasteiger partial charge in [0.25, 0.3) is 0 Å². The summed E-state index contributed by atoms with van der Waals surface area (Å²) in [6.07, 6.45) is 1.07. The monoisotopic (exact) mass is 348 g/mol. The van der Waals surface area contributed by atoms with Gasteiger partial charge in [-0.3, -0.25) is 0 Å². The summed E-state index contributed by atoms with van der Waals surface area (Å²) in [7, 11) is 1.74. The second-order valence-electron chi connectivity index (χ2n) is 7.81. The van der Waals surface area contributed by atoms with Crippen LogP contribution in [0.4, 0.5) is 0 Å². The zero-order valence-corrected chi connectivity index (χ0v) is 16.4. The lowest BCUT2D eigenvalue weighted by molar-refractivity contribution is 0.413. The number of ether oxygens (including phenoxy) is 1. The molecule has 0 saturated carbocycles. The van der Waals surface area contributed by atoms with E-state index in [4.69, 9.17) is 4.74 Å².